The van der Waals surface area contributed by atoms with Gasteiger partial charge in [-0.3, -0.25) is 0 Å². The summed E-state index contributed by atoms with van der Waals surface area (Å²) in [5.41, 5.74) is -0.336. The van der Waals surface area contributed by atoms with Gasteiger partial charge in [-0.25, -0.2) is 0 Å². The minimum Gasteiger partial charge on any atom is -0.400 e. The molecule has 0 saturated carbocycles. The lowest BCUT2D eigenvalue weighted by Crippen LogP contribution is -2.59. The van der Waals surface area contributed by atoms with Crippen LogP contribution < -0.4 is 10.4 Å². The summed E-state index contributed by atoms with van der Waals surface area (Å²) >= 11 is 0. The zero-order chi connectivity index (χ0) is 16.2. The molecule has 0 aliphatic heterocycles. The number of benzene rings is 2. The van der Waals surface area contributed by atoms with E-state index in [1.54, 1.807) is 0 Å². The molecule has 0 heterocycles. The summed E-state index contributed by atoms with van der Waals surface area (Å²) in [6, 6.07) is 23.1. The zero-order valence-electron chi connectivity index (χ0n) is 13.7. The molecule has 2 aromatic rings. The standard InChI is InChI=1S/C18H23NOSi2/c1-21(2,16-11-7-5-8-12-16)18(15-19)20-22(3,4)17-13-9-6-10-14-17/h5-14,18H,1-4H3. The fraction of sp³-hybridized carbons (Fsp3) is 0.278. The predicted molar refractivity (Wildman–Crippen MR) is 97.6 cm³/mol. The Labute approximate surface area is 135 Å². The van der Waals surface area contributed by atoms with Crippen molar-refractivity contribution in [3.8, 4) is 6.07 Å². The maximum atomic E-state index is 9.72. The van der Waals surface area contributed by atoms with Crippen molar-refractivity contribution in [1.29, 1.82) is 5.26 Å². The Hall–Kier alpha value is -1.68. The predicted octanol–water partition coefficient (Wildman–Crippen LogP) is 3.16. The summed E-state index contributed by atoms with van der Waals surface area (Å²) in [6.45, 7) is 8.77. The fourth-order valence-corrected chi connectivity index (χ4v) is 8.07. The molecule has 0 aliphatic carbocycles. The molecule has 4 heteroatoms. The average molecular weight is 326 g/mol. The minimum absolute atomic E-state index is 0.336. The van der Waals surface area contributed by atoms with E-state index >= 15 is 0 Å². The van der Waals surface area contributed by atoms with Crippen molar-refractivity contribution in [3.05, 3.63) is 60.7 Å². The van der Waals surface area contributed by atoms with Crippen molar-refractivity contribution in [1.82, 2.24) is 0 Å². The molecule has 0 radical (unpaired) electrons. The van der Waals surface area contributed by atoms with Crippen LogP contribution in [0, 0.1) is 11.3 Å². The van der Waals surface area contributed by atoms with E-state index in [0.717, 1.165) is 0 Å². The SMILES string of the molecule is C[Si](C)(OC(C#N)[Si](C)(C)c1ccccc1)c1ccccc1. The Morgan fingerprint density at radius 2 is 1.27 bits per heavy atom. The van der Waals surface area contributed by atoms with Gasteiger partial charge in [0.15, 0.2) is 0 Å². The number of hydrogen-bond acceptors (Lipinski definition) is 2. The summed E-state index contributed by atoms with van der Waals surface area (Å²) in [5.74, 6) is 0. The maximum Gasteiger partial charge on any atom is 0.219 e. The first-order valence-corrected chi connectivity index (χ1v) is 13.5. The Morgan fingerprint density at radius 1 is 0.818 bits per heavy atom. The highest BCUT2D eigenvalue weighted by Gasteiger charge is 2.39. The number of nitriles is 1. The molecule has 1 atom stereocenters. The second-order valence-electron chi connectivity index (χ2n) is 6.59. The fourth-order valence-electron chi connectivity index (χ4n) is 2.56. The Kier molecular flexibility index (Phi) is 5.02. The van der Waals surface area contributed by atoms with E-state index in [9.17, 15) is 5.26 Å². The molecule has 0 amide bonds. The molecule has 22 heavy (non-hydrogen) atoms. The number of rotatable bonds is 5. The van der Waals surface area contributed by atoms with E-state index < -0.39 is 16.4 Å². The first kappa shape index (κ1) is 16.7. The van der Waals surface area contributed by atoms with Gasteiger partial charge in [0.05, 0.1) is 6.07 Å². The van der Waals surface area contributed by atoms with E-state index in [1.807, 2.05) is 36.4 Å². The lowest BCUT2D eigenvalue weighted by Gasteiger charge is -2.34. The van der Waals surface area contributed by atoms with Gasteiger partial charge in [0.1, 0.15) is 13.8 Å². The van der Waals surface area contributed by atoms with Crippen LogP contribution in [0.25, 0.3) is 0 Å². The summed E-state index contributed by atoms with van der Waals surface area (Å²) in [5, 5.41) is 12.2. The molecule has 0 saturated heterocycles. The number of nitrogens with zero attached hydrogens (tertiary/aromatic N) is 1. The molecule has 2 nitrogen and oxygen atoms in total. The van der Waals surface area contributed by atoms with Gasteiger partial charge in [-0.1, -0.05) is 78.9 Å². The largest absolute Gasteiger partial charge is 0.400 e. The minimum atomic E-state index is -2.09. The van der Waals surface area contributed by atoms with Crippen LogP contribution in [-0.2, 0) is 4.43 Å². The van der Waals surface area contributed by atoms with Crippen LogP contribution in [0.2, 0.25) is 26.2 Å². The highest BCUT2D eigenvalue weighted by molar-refractivity contribution is 6.93. The topological polar surface area (TPSA) is 33.0 Å². The summed E-state index contributed by atoms with van der Waals surface area (Å²) < 4.78 is 6.43. The van der Waals surface area contributed by atoms with Gasteiger partial charge >= 0.3 is 0 Å². The molecule has 2 rings (SSSR count). The zero-order valence-corrected chi connectivity index (χ0v) is 15.7. The quantitative estimate of drug-likeness (QED) is 0.791. The second-order valence-corrected chi connectivity index (χ2v) is 15.0. The van der Waals surface area contributed by atoms with Crippen molar-refractivity contribution in [2.75, 3.05) is 0 Å². The van der Waals surface area contributed by atoms with Gasteiger partial charge in [-0.2, -0.15) is 5.26 Å². The third-order valence-corrected chi connectivity index (χ3v) is 10.3. The highest BCUT2D eigenvalue weighted by Crippen LogP contribution is 2.17. The lowest BCUT2D eigenvalue weighted by atomic mass is 10.4. The van der Waals surface area contributed by atoms with Gasteiger partial charge in [0.25, 0.3) is 0 Å². The molecule has 114 valence electrons. The second kappa shape index (κ2) is 6.61. The van der Waals surface area contributed by atoms with Crippen LogP contribution >= 0.6 is 0 Å². The maximum absolute atomic E-state index is 9.72. The van der Waals surface area contributed by atoms with Crippen LogP contribution in [0.3, 0.4) is 0 Å². The Bertz CT molecular complexity index is 648. The smallest absolute Gasteiger partial charge is 0.219 e. The Balaban J connectivity index is 2.28. The third kappa shape index (κ3) is 3.56. The highest BCUT2D eigenvalue weighted by atomic mass is 28.4. The van der Waals surface area contributed by atoms with Crippen molar-refractivity contribution in [2.45, 2.75) is 31.9 Å². The van der Waals surface area contributed by atoms with Gasteiger partial charge in [0, 0.05) is 0 Å². The Morgan fingerprint density at radius 3 is 1.73 bits per heavy atom. The van der Waals surface area contributed by atoms with Crippen LogP contribution in [0.15, 0.2) is 60.7 Å². The van der Waals surface area contributed by atoms with E-state index in [1.165, 1.54) is 10.4 Å². The monoisotopic (exact) mass is 325 g/mol. The average Bonchev–Trinajstić information content (AvgIpc) is 2.54. The van der Waals surface area contributed by atoms with Crippen molar-refractivity contribution in [3.63, 3.8) is 0 Å². The van der Waals surface area contributed by atoms with Crippen LogP contribution in [0.4, 0.5) is 0 Å². The molecule has 0 N–H and O–H groups in total. The normalized spacial score (nSPS) is 13.4. The summed E-state index contributed by atoms with van der Waals surface area (Å²) in [7, 11) is -4.09. The van der Waals surface area contributed by atoms with Gasteiger partial charge in [-0.15, -0.1) is 0 Å². The third-order valence-electron chi connectivity index (χ3n) is 4.17. The van der Waals surface area contributed by atoms with Crippen LogP contribution in [-0.4, -0.2) is 22.1 Å². The van der Waals surface area contributed by atoms with Crippen molar-refractivity contribution < 1.29 is 4.43 Å². The lowest BCUT2D eigenvalue weighted by molar-refractivity contribution is 0.320. The van der Waals surface area contributed by atoms with Gasteiger partial charge in [-0.05, 0) is 18.3 Å². The molecule has 0 fully saturated rings. The van der Waals surface area contributed by atoms with Gasteiger partial charge < -0.3 is 4.43 Å². The molecular weight excluding hydrogens is 302 g/mol. The summed E-state index contributed by atoms with van der Waals surface area (Å²) in [6.07, 6.45) is 0. The molecule has 0 aliphatic rings. The summed E-state index contributed by atoms with van der Waals surface area (Å²) in [4.78, 5) is 0. The van der Waals surface area contributed by atoms with E-state index in [4.69, 9.17) is 4.43 Å². The van der Waals surface area contributed by atoms with Crippen LogP contribution in [0.5, 0.6) is 0 Å². The molecule has 1 unspecified atom stereocenters. The molecule has 0 spiro atoms. The van der Waals surface area contributed by atoms with E-state index in [0.29, 0.717) is 0 Å². The first-order valence-electron chi connectivity index (χ1n) is 7.56. The van der Waals surface area contributed by atoms with Gasteiger partial charge in [0.2, 0.25) is 8.32 Å². The van der Waals surface area contributed by atoms with E-state index in [-0.39, 0.29) is 5.73 Å². The first-order chi connectivity index (χ1) is 10.4. The van der Waals surface area contributed by atoms with E-state index in [2.05, 4.69) is 56.5 Å². The van der Waals surface area contributed by atoms with Crippen LogP contribution in [0.1, 0.15) is 0 Å². The van der Waals surface area contributed by atoms with Crippen molar-refractivity contribution >= 4 is 26.8 Å². The molecular formula is C18H23NOSi2. The molecule has 0 bridgehead atoms. The van der Waals surface area contributed by atoms with Crippen molar-refractivity contribution in [2.24, 2.45) is 0 Å². The number of hydrogen-bond donors (Lipinski definition) is 0. The molecule has 2 aromatic carbocycles. The molecule has 0 aromatic heterocycles.